The Morgan fingerprint density at radius 1 is 0.469 bits per heavy atom. The highest BCUT2D eigenvalue weighted by Gasteiger charge is 2.10. The van der Waals surface area contributed by atoms with Crippen LogP contribution in [0.5, 0.6) is 0 Å². The van der Waals surface area contributed by atoms with Crippen LogP contribution in [-0.2, 0) is 9.53 Å². The Morgan fingerprint density at radius 2 is 0.837 bits per heavy atom. The van der Waals surface area contributed by atoms with E-state index in [-0.39, 0.29) is 5.97 Å². The number of hydrogen-bond acceptors (Lipinski definition) is 4. The molecule has 49 heavy (non-hydrogen) atoms. The van der Waals surface area contributed by atoms with Gasteiger partial charge in [-0.25, -0.2) is 0 Å². The zero-order valence-corrected chi connectivity index (χ0v) is 34.4. The van der Waals surface area contributed by atoms with E-state index in [1.54, 1.807) is 0 Å². The molecule has 0 radical (unpaired) electrons. The Kier molecular flexibility index (Phi) is 41.3. The largest absolute Gasteiger partial charge is 0.466 e. The average Bonchev–Trinajstić information content (AvgIpc) is 3.10. The lowest BCUT2D eigenvalue weighted by Gasteiger charge is -2.22. The first-order valence-corrected chi connectivity index (χ1v) is 22.7. The van der Waals surface area contributed by atoms with Gasteiger partial charge < -0.3 is 15.0 Å². The molecule has 0 rings (SSSR count). The SMILES string of the molecule is CCCCCCCCCOC(=O)CCCCCCCN(CCCCCCCC(CCCCCCCC)CCCCCCCC)CCCNC. The summed E-state index contributed by atoms with van der Waals surface area (Å²) in [5.74, 6) is 1.01. The van der Waals surface area contributed by atoms with Crippen LogP contribution in [-0.4, -0.2) is 50.7 Å². The van der Waals surface area contributed by atoms with E-state index >= 15 is 0 Å². The highest BCUT2D eigenvalue weighted by molar-refractivity contribution is 5.69. The third kappa shape index (κ3) is 38.5. The Hall–Kier alpha value is -0.610. The summed E-state index contributed by atoms with van der Waals surface area (Å²) in [5.41, 5.74) is 0. The quantitative estimate of drug-likeness (QED) is 0.0511. The number of ether oxygens (including phenoxy) is 1. The van der Waals surface area contributed by atoms with Gasteiger partial charge in [0.05, 0.1) is 6.61 Å². The van der Waals surface area contributed by atoms with Crippen molar-refractivity contribution in [3.8, 4) is 0 Å². The molecular weight excluding hydrogens is 601 g/mol. The van der Waals surface area contributed by atoms with Crippen LogP contribution in [0.1, 0.15) is 239 Å². The first kappa shape index (κ1) is 48.4. The molecule has 0 heterocycles. The average molecular weight is 693 g/mol. The van der Waals surface area contributed by atoms with Crippen LogP contribution in [0.2, 0.25) is 0 Å². The lowest BCUT2D eigenvalue weighted by molar-refractivity contribution is -0.143. The van der Waals surface area contributed by atoms with E-state index < -0.39 is 0 Å². The summed E-state index contributed by atoms with van der Waals surface area (Å²) in [5, 5.41) is 3.33. The maximum absolute atomic E-state index is 12.0. The summed E-state index contributed by atoms with van der Waals surface area (Å²) in [6, 6.07) is 0. The molecule has 1 N–H and O–H groups in total. The minimum absolute atomic E-state index is 0.0165. The molecule has 0 aliphatic rings. The van der Waals surface area contributed by atoms with E-state index in [1.807, 2.05) is 0 Å². The first-order valence-electron chi connectivity index (χ1n) is 22.7. The number of esters is 1. The summed E-state index contributed by atoms with van der Waals surface area (Å²) < 4.78 is 5.46. The molecule has 0 fully saturated rings. The lowest BCUT2D eigenvalue weighted by Crippen LogP contribution is -2.29. The van der Waals surface area contributed by atoms with E-state index in [4.69, 9.17) is 4.74 Å². The van der Waals surface area contributed by atoms with Crippen molar-refractivity contribution in [2.75, 3.05) is 39.8 Å². The fourth-order valence-electron chi connectivity index (χ4n) is 7.43. The molecule has 0 aliphatic heterocycles. The maximum Gasteiger partial charge on any atom is 0.305 e. The summed E-state index contributed by atoms with van der Waals surface area (Å²) in [4.78, 5) is 14.8. The van der Waals surface area contributed by atoms with Crippen LogP contribution in [0.15, 0.2) is 0 Å². The number of nitrogens with one attached hydrogen (secondary N) is 1. The number of hydrogen-bond donors (Lipinski definition) is 1. The Balaban J connectivity index is 4.05. The molecule has 0 atom stereocenters. The molecule has 4 nitrogen and oxygen atoms in total. The molecule has 4 heteroatoms. The molecule has 0 aliphatic carbocycles. The van der Waals surface area contributed by atoms with Crippen LogP contribution >= 0.6 is 0 Å². The summed E-state index contributed by atoms with van der Waals surface area (Å²) in [6.45, 7) is 12.4. The van der Waals surface area contributed by atoms with Crippen LogP contribution in [0, 0.1) is 5.92 Å². The molecule has 294 valence electrons. The minimum atomic E-state index is 0.0165. The normalized spacial score (nSPS) is 11.7. The molecular formula is C45H92N2O2. The highest BCUT2D eigenvalue weighted by Crippen LogP contribution is 2.25. The van der Waals surface area contributed by atoms with Crippen molar-refractivity contribution >= 4 is 5.97 Å². The van der Waals surface area contributed by atoms with E-state index in [0.29, 0.717) is 13.0 Å². The molecule has 0 spiro atoms. The predicted molar refractivity (Wildman–Crippen MR) is 219 cm³/mol. The lowest BCUT2D eigenvalue weighted by atomic mass is 9.89. The summed E-state index contributed by atoms with van der Waals surface area (Å²) in [7, 11) is 2.07. The number of nitrogens with zero attached hydrogens (tertiary/aromatic N) is 1. The van der Waals surface area contributed by atoms with E-state index in [9.17, 15) is 4.79 Å². The van der Waals surface area contributed by atoms with Crippen molar-refractivity contribution in [3.63, 3.8) is 0 Å². The third-order valence-corrected chi connectivity index (χ3v) is 10.8. The number of carbonyl (C=O) groups is 1. The summed E-state index contributed by atoms with van der Waals surface area (Å²) >= 11 is 0. The molecule has 0 saturated heterocycles. The van der Waals surface area contributed by atoms with Crippen LogP contribution in [0.25, 0.3) is 0 Å². The van der Waals surface area contributed by atoms with Crippen molar-refractivity contribution in [2.45, 2.75) is 239 Å². The van der Waals surface area contributed by atoms with Gasteiger partial charge in [-0.2, -0.15) is 0 Å². The van der Waals surface area contributed by atoms with Gasteiger partial charge in [-0.05, 0) is 71.2 Å². The smallest absolute Gasteiger partial charge is 0.305 e. The van der Waals surface area contributed by atoms with Gasteiger partial charge in [0.15, 0.2) is 0 Å². The standard InChI is InChI=1S/C45H92N2O2/c1-5-8-11-14-17-26-33-43-49-45(48)38-30-23-19-25-32-41-47(42-34-39-46-4)40-31-24-18-22-29-37-44(35-27-20-15-12-9-6-2)36-28-21-16-13-10-7-3/h44,46H,5-43H2,1-4H3. The van der Waals surface area contributed by atoms with Gasteiger partial charge in [0, 0.05) is 6.42 Å². The zero-order valence-electron chi connectivity index (χ0n) is 34.4. The summed E-state index contributed by atoms with van der Waals surface area (Å²) in [6.07, 6.45) is 45.5. The molecule has 0 saturated carbocycles. The maximum atomic E-state index is 12.0. The van der Waals surface area contributed by atoms with Gasteiger partial charge in [-0.3, -0.25) is 4.79 Å². The van der Waals surface area contributed by atoms with Crippen LogP contribution < -0.4 is 5.32 Å². The second-order valence-corrected chi connectivity index (χ2v) is 15.7. The molecule has 0 amide bonds. The molecule has 0 bridgehead atoms. The van der Waals surface area contributed by atoms with Crippen molar-refractivity contribution in [1.82, 2.24) is 10.2 Å². The van der Waals surface area contributed by atoms with Crippen molar-refractivity contribution in [2.24, 2.45) is 5.92 Å². The minimum Gasteiger partial charge on any atom is -0.466 e. The fourth-order valence-corrected chi connectivity index (χ4v) is 7.43. The van der Waals surface area contributed by atoms with Gasteiger partial charge in [0.2, 0.25) is 0 Å². The van der Waals surface area contributed by atoms with Crippen LogP contribution in [0.4, 0.5) is 0 Å². The Morgan fingerprint density at radius 3 is 1.29 bits per heavy atom. The van der Waals surface area contributed by atoms with E-state index in [2.05, 4.69) is 38.0 Å². The second kappa shape index (κ2) is 41.8. The highest BCUT2D eigenvalue weighted by atomic mass is 16.5. The zero-order chi connectivity index (χ0) is 35.7. The van der Waals surface area contributed by atoms with E-state index in [0.717, 1.165) is 31.7 Å². The number of unbranched alkanes of at least 4 members (excludes halogenated alkanes) is 24. The van der Waals surface area contributed by atoms with E-state index in [1.165, 1.54) is 212 Å². The molecule has 0 aromatic rings. The van der Waals surface area contributed by atoms with Crippen molar-refractivity contribution < 1.29 is 9.53 Å². The van der Waals surface area contributed by atoms with Gasteiger partial charge in [0.1, 0.15) is 0 Å². The van der Waals surface area contributed by atoms with Crippen molar-refractivity contribution in [1.29, 1.82) is 0 Å². The fraction of sp³-hybridized carbons (Fsp3) is 0.978. The second-order valence-electron chi connectivity index (χ2n) is 15.7. The predicted octanol–water partition coefficient (Wildman–Crippen LogP) is 14.0. The molecule has 0 aromatic carbocycles. The molecule has 0 aromatic heterocycles. The van der Waals surface area contributed by atoms with Crippen molar-refractivity contribution in [3.05, 3.63) is 0 Å². The molecule has 0 unspecified atom stereocenters. The monoisotopic (exact) mass is 693 g/mol. The Labute approximate surface area is 309 Å². The Bertz CT molecular complexity index is 611. The third-order valence-electron chi connectivity index (χ3n) is 10.8. The number of carbonyl (C=O) groups excluding carboxylic acids is 1. The van der Waals surface area contributed by atoms with Gasteiger partial charge in [0.25, 0.3) is 0 Å². The van der Waals surface area contributed by atoms with Gasteiger partial charge in [-0.15, -0.1) is 0 Å². The number of rotatable bonds is 42. The van der Waals surface area contributed by atoms with Gasteiger partial charge >= 0.3 is 5.97 Å². The first-order chi connectivity index (χ1) is 24.2. The van der Waals surface area contributed by atoms with Gasteiger partial charge in [-0.1, -0.05) is 201 Å². The van der Waals surface area contributed by atoms with Crippen LogP contribution in [0.3, 0.4) is 0 Å². The topological polar surface area (TPSA) is 41.6 Å².